The van der Waals surface area contributed by atoms with Crippen LogP contribution in [0.5, 0.6) is 0 Å². The van der Waals surface area contributed by atoms with Gasteiger partial charge in [-0.3, -0.25) is 14.8 Å². The zero-order valence-electron chi connectivity index (χ0n) is 12.8. The molecule has 2 N–H and O–H groups in total. The number of nitrogens with zero attached hydrogens (tertiary/aromatic N) is 2. The predicted octanol–water partition coefficient (Wildman–Crippen LogP) is 3.38. The lowest BCUT2D eigenvalue weighted by Gasteiger charge is -2.04. The normalized spacial score (nSPS) is 11.2. The fourth-order valence-corrected chi connectivity index (χ4v) is 3.94. The first-order valence-corrected chi connectivity index (χ1v) is 9.70. The minimum atomic E-state index is -4.01. The highest BCUT2D eigenvalue weighted by Gasteiger charge is 2.21. The Hall–Kier alpha value is -2.56. The number of carbonyl (C=O) groups is 1. The van der Waals surface area contributed by atoms with Gasteiger partial charge in [-0.2, -0.15) is 8.42 Å². The quantitative estimate of drug-likeness (QED) is 0.625. The van der Waals surface area contributed by atoms with Gasteiger partial charge in [-0.15, -0.1) is 10.2 Å². The number of nitrogens with one attached hydrogen (secondary N) is 2. The Balaban J connectivity index is 1.73. The highest BCUT2D eigenvalue weighted by atomic mass is 35.5. The lowest BCUT2D eigenvalue weighted by atomic mass is 10.2. The largest absolute Gasteiger partial charge is 0.296 e. The standard InChI is InChI=1S/C15H10ClFN4O3S2/c16-10-3-1-9(2-4-10)13(22)18-14-19-20-15(25-14)26(23,24)21-12-7-5-11(17)6-8-12/h1-8,21H,(H,18,19,22). The van der Waals surface area contributed by atoms with Crippen LogP contribution in [0.25, 0.3) is 0 Å². The molecule has 134 valence electrons. The minimum Gasteiger partial charge on any atom is -0.296 e. The fourth-order valence-electron chi connectivity index (χ4n) is 1.86. The maximum absolute atomic E-state index is 12.9. The third-order valence-corrected chi connectivity index (χ3v) is 5.90. The van der Waals surface area contributed by atoms with E-state index in [-0.39, 0.29) is 15.2 Å². The molecule has 0 bridgehead atoms. The van der Waals surface area contributed by atoms with Crippen LogP contribution in [0.4, 0.5) is 15.2 Å². The Labute approximate surface area is 156 Å². The van der Waals surface area contributed by atoms with Crippen LogP contribution in [-0.4, -0.2) is 24.5 Å². The highest BCUT2D eigenvalue weighted by Crippen LogP contribution is 2.23. The van der Waals surface area contributed by atoms with Crippen molar-refractivity contribution in [1.29, 1.82) is 0 Å². The second kappa shape index (κ2) is 7.36. The lowest BCUT2D eigenvalue weighted by molar-refractivity contribution is 0.102. The van der Waals surface area contributed by atoms with Crippen molar-refractivity contribution in [1.82, 2.24) is 10.2 Å². The van der Waals surface area contributed by atoms with Crippen LogP contribution < -0.4 is 10.0 Å². The first-order valence-electron chi connectivity index (χ1n) is 7.02. The van der Waals surface area contributed by atoms with Gasteiger partial charge in [-0.25, -0.2) is 4.39 Å². The molecule has 1 amide bonds. The molecule has 11 heteroatoms. The summed E-state index contributed by atoms with van der Waals surface area (Å²) in [6, 6.07) is 10.9. The van der Waals surface area contributed by atoms with Crippen molar-refractivity contribution < 1.29 is 17.6 Å². The first kappa shape index (κ1) is 18.2. The van der Waals surface area contributed by atoms with E-state index in [9.17, 15) is 17.6 Å². The van der Waals surface area contributed by atoms with E-state index in [2.05, 4.69) is 20.2 Å². The number of hydrogen-bond donors (Lipinski definition) is 2. The molecule has 0 radical (unpaired) electrons. The van der Waals surface area contributed by atoms with Crippen LogP contribution in [0.3, 0.4) is 0 Å². The van der Waals surface area contributed by atoms with E-state index in [1.165, 1.54) is 24.3 Å². The predicted molar refractivity (Wildman–Crippen MR) is 96.5 cm³/mol. The minimum absolute atomic E-state index is 0.0180. The Bertz CT molecular complexity index is 1040. The Morgan fingerprint density at radius 1 is 1.04 bits per heavy atom. The van der Waals surface area contributed by atoms with Crippen molar-refractivity contribution in [3.05, 3.63) is 64.9 Å². The summed E-state index contributed by atoms with van der Waals surface area (Å²) >= 11 is 6.44. The molecule has 2 aromatic carbocycles. The van der Waals surface area contributed by atoms with Gasteiger partial charge in [0.25, 0.3) is 20.3 Å². The molecular formula is C15H10ClFN4O3S2. The summed E-state index contributed by atoms with van der Waals surface area (Å²) in [6.45, 7) is 0. The van der Waals surface area contributed by atoms with Gasteiger partial charge in [0.2, 0.25) is 5.13 Å². The van der Waals surface area contributed by atoms with Gasteiger partial charge in [0.15, 0.2) is 0 Å². The number of carbonyl (C=O) groups excluding carboxylic acids is 1. The van der Waals surface area contributed by atoms with Gasteiger partial charge < -0.3 is 0 Å². The third kappa shape index (κ3) is 4.34. The van der Waals surface area contributed by atoms with Gasteiger partial charge in [0, 0.05) is 16.3 Å². The summed E-state index contributed by atoms with van der Waals surface area (Å²) in [5.74, 6) is -0.968. The molecule has 0 atom stereocenters. The maximum atomic E-state index is 12.9. The average Bonchev–Trinajstić information content (AvgIpc) is 3.07. The topological polar surface area (TPSA) is 101 Å². The van der Waals surface area contributed by atoms with Crippen LogP contribution in [0.15, 0.2) is 52.9 Å². The van der Waals surface area contributed by atoms with Gasteiger partial charge in [0.05, 0.1) is 0 Å². The lowest BCUT2D eigenvalue weighted by Crippen LogP contribution is -2.12. The number of amides is 1. The van der Waals surface area contributed by atoms with Crippen molar-refractivity contribution in [3.8, 4) is 0 Å². The smallest absolute Gasteiger partial charge is 0.291 e. The SMILES string of the molecule is O=C(Nc1nnc(S(=O)(=O)Nc2ccc(F)cc2)s1)c1ccc(Cl)cc1. The molecule has 1 heterocycles. The van der Waals surface area contributed by atoms with Gasteiger partial charge in [-0.05, 0) is 48.5 Å². The third-order valence-electron chi connectivity index (χ3n) is 3.06. The van der Waals surface area contributed by atoms with E-state index in [0.717, 1.165) is 12.1 Å². The molecule has 3 rings (SSSR count). The van der Waals surface area contributed by atoms with Crippen LogP contribution >= 0.6 is 22.9 Å². The fraction of sp³-hybridized carbons (Fsp3) is 0. The first-order chi connectivity index (χ1) is 12.3. The van der Waals surface area contributed by atoms with E-state index >= 15 is 0 Å². The van der Waals surface area contributed by atoms with E-state index < -0.39 is 21.7 Å². The molecule has 0 aliphatic heterocycles. The Morgan fingerprint density at radius 3 is 2.35 bits per heavy atom. The van der Waals surface area contributed by atoms with Crippen LogP contribution in [-0.2, 0) is 10.0 Å². The van der Waals surface area contributed by atoms with E-state index in [1.54, 1.807) is 12.1 Å². The highest BCUT2D eigenvalue weighted by molar-refractivity contribution is 7.94. The molecule has 0 saturated carbocycles. The van der Waals surface area contributed by atoms with Gasteiger partial charge in [0.1, 0.15) is 5.82 Å². The zero-order chi connectivity index (χ0) is 18.7. The summed E-state index contributed by atoms with van der Waals surface area (Å²) in [6.07, 6.45) is 0. The number of hydrogen-bond acceptors (Lipinski definition) is 6. The second-order valence-electron chi connectivity index (χ2n) is 4.95. The number of benzene rings is 2. The van der Waals surface area contributed by atoms with E-state index in [0.29, 0.717) is 21.9 Å². The van der Waals surface area contributed by atoms with Crippen LogP contribution in [0, 0.1) is 5.82 Å². The molecule has 3 aromatic rings. The monoisotopic (exact) mass is 412 g/mol. The summed E-state index contributed by atoms with van der Waals surface area (Å²) < 4.78 is 39.3. The summed E-state index contributed by atoms with van der Waals surface area (Å²) in [4.78, 5) is 12.1. The molecule has 7 nitrogen and oxygen atoms in total. The van der Waals surface area contributed by atoms with E-state index in [4.69, 9.17) is 11.6 Å². The molecule has 1 aromatic heterocycles. The molecule has 0 fully saturated rings. The number of aromatic nitrogens is 2. The van der Waals surface area contributed by atoms with Crippen molar-refractivity contribution in [3.63, 3.8) is 0 Å². The van der Waals surface area contributed by atoms with Crippen LogP contribution in [0.2, 0.25) is 5.02 Å². The summed E-state index contributed by atoms with van der Waals surface area (Å²) in [7, 11) is -4.01. The molecule has 26 heavy (non-hydrogen) atoms. The van der Waals surface area contributed by atoms with Crippen LogP contribution in [0.1, 0.15) is 10.4 Å². The Morgan fingerprint density at radius 2 is 1.69 bits per heavy atom. The average molecular weight is 413 g/mol. The maximum Gasteiger partial charge on any atom is 0.291 e. The molecule has 0 aliphatic carbocycles. The van der Waals surface area contributed by atoms with Gasteiger partial charge >= 0.3 is 0 Å². The summed E-state index contributed by atoms with van der Waals surface area (Å²) in [5, 5.41) is 10.2. The summed E-state index contributed by atoms with van der Waals surface area (Å²) in [5.41, 5.74) is 0.506. The molecule has 0 aliphatic rings. The van der Waals surface area contributed by atoms with E-state index in [1.807, 2.05) is 0 Å². The number of rotatable bonds is 5. The van der Waals surface area contributed by atoms with Crippen molar-refractivity contribution >= 4 is 49.7 Å². The number of anilines is 2. The molecule has 0 saturated heterocycles. The number of sulfonamides is 1. The van der Waals surface area contributed by atoms with Gasteiger partial charge in [-0.1, -0.05) is 22.9 Å². The van der Waals surface area contributed by atoms with Crippen molar-refractivity contribution in [2.45, 2.75) is 4.34 Å². The molecule has 0 unspecified atom stereocenters. The second-order valence-corrected chi connectivity index (χ2v) is 8.22. The number of halogens is 2. The molecular weight excluding hydrogens is 403 g/mol. The Kier molecular flexibility index (Phi) is 5.16. The van der Waals surface area contributed by atoms with Crippen molar-refractivity contribution in [2.75, 3.05) is 10.0 Å². The molecule has 0 spiro atoms. The zero-order valence-corrected chi connectivity index (χ0v) is 15.2. The van der Waals surface area contributed by atoms with Crippen molar-refractivity contribution in [2.24, 2.45) is 0 Å².